The van der Waals surface area contributed by atoms with Gasteiger partial charge in [-0.05, 0) is 39.4 Å². The van der Waals surface area contributed by atoms with Gasteiger partial charge in [-0.15, -0.1) is 0 Å². The minimum atomic E-state index is -1.13. The first-order valence-corrected chi connectivity index (χ1v) is 11.6. The fourth-order valence-corrected chi connectivity index (χ4v) is 4.09. The molecule has 0 saturated heterocycles. The molecule has 1 atom stereocenters. The standard InChI is InChI=1S/C26H30N4O6/c1-5-35-25(31)23-18(2)27-19(3)29(24(23)21-13-9-10-14-22(21)30(33)34)26(32)36-16-15-28(4)17-20-11-7-6-8-12-20/h6-14,24H,5,15-17H2,1-4H3. The van der Waals surface area contributed by atoms with Gasteiger partial charge in [-0.25, -0.2) is 14.6 Å². The summed E-state index contributed by atoms with van der Waals surface area (Å²) in [7, 11) is 1.91. The van der Waals surface area contributed by atoms with Crippen LogP contribution in [0.1, 0.15) is 37.9 Å². The highest BCUT2D eigenvalue weighted by Crippen LogP contribution is 2.40. The first kappa shape index (κ1) is 26.6. The lowest BCUT2D eigenvalue weighted by atomic mass is 9.93. The molecule has 0 radical (unpaired) electrons. The Hall–Kier alpha value is -4.05. The van der Waals surface area contributed by atoms with Crippen LogP contribution in [-0.4, -0.2) is 59.4 Å². The Labute approximate surface area is 210 Å². The maximum absolute atomic E-state index is 13.3. The summed E-state index contributed by atoms with van der Waals surface area (Å²) in [5, 5.41) is 11.8. The summed E-state index contributed by atoms with van der Waals surface area (Å²) in [5.74, 6) is -0.443. The van der Waals surface area contributed by atoms with Crippen molar-refractivity contribution >= 4 is 23.6 Å². The molecule has 1 aliphatic rings. The van der Waals surface area contributed by atoms with Crippen LogP contribution in [0.15, 0.2) is 70.9 Å². The highest BCUT2D eigenvalue weighted by atomic mass is 16.6. The molecule has 0 aromatic heterocycles. The predicted molar refractivity (Wildman–Crippen MR) is 134 cm³/mol. The number of amidine groups is 1. The van der Waals surface area contributed by atoms with Gasteiger partial charge in [-0.3, -0.25) is 19.9 Å². The van der Waals surface area contributed by atoms with Crippen molar-refractivity contribution in [2.45, 2.75) is 33.4 Å². The van der Waals surface area contributed by atoms with Crippen LogP contribution in [0.2, 0.25) is 0 Å². The lowest BCUT2D eigenvalue weighted by Gasteiger charge is -2.35. The van der Waals surface area contributed by atoms with Gasteiger partial charge in [0.15, 0.2) is 0 Å². The Kier molecular flexibility index (Phi) is 8.91. The molecule has 0 bridgehead atoms. The Morgan fingerprint density at radius 3 is 2.42 bits per heavy atom. The second-order valence-electron chi connectivity index (χ2n) is 8.30. The maximum Gasteiger partial charge on any atom is 0.416 e. The number of carbonyl (C=O) groups excluding carboxylic acids is 2. The third-order valence-electron chi connectivity index (χ3n) is 5.71. The molecule has 2 aromatic rings. The van der Waals surface area contributed by atoms with Gasteiger partial charge in [0.05, 0.1) is 28.4 Å². The number of allylic oxidation sites excluding steroid dienone is 1. The number of nitro groups is 1. The fraction of sp³-hybridized carbons (Fsp3) is 0.346. The van der Waals surface area contributed by atoms with Crippen LogP contribution in [0.4, 0.5) is 10.5 Å². The number of benzene rings is 2. The summed E-state index contributed by atoms with van der Waals surface area (Å²) < 4.78 is 10.8. The van der Waals surface area contributed by atoms with E-state index in [0.717, 1.165) is 5.56 Å². The molecule has 190 valence electrons. The number of para-hydroxylation sites is 1. The number of carbonyl (C=O) groups is 2. The number of amides is 1. The maximum atomic E-state index is 13.3. The van der Waals surface area contributed by atoms with E-state index in [1.807, 2.05) is 42.3 Å². The van der Waals surface area contributed by atoms with Crippen LogP contribution in [0.25, 0.3) is 0 Å². The molecule has 1 amide bonds. The van der Waals surface area contributed by atoms with Crippen molar-refractivity contribution < 1.29 is 24.0 Å². The molecule has 2 aromatic carbocycles. The fourth-order valence-electron chi connectivity index (χ4n) is 4.09. The van der Waals surface area contributed by atoms with Crippen molar-refractivity contribution in [1.82, 2.24) is 9.80 Å². The molecule has 3 rings (SSSR count). The van der Waals surface area contributed by atoms with E-state index >= 15 is 0 Å². The molecule has 0 N–H and O–H groups in total. The summed E-state index contributed by atoms with van der Waals surface area (Å²) >= 11 is 0. The normalized spacial score (nSPS) is 15.5. The van der Waals surface area contributed by atoms with Crippen LogP contribution < -0.4 is 0 Å². The first-order valence-electron chi connectivity index (χ1n) is 11.6. The number of nitrogens with zero attached hydrogens (tertiary/aromatic N) is 4. The predicted octanol–water partition coefficient (Wildman–Crippen LogP) is 4.48. The van der Waals surface area contributed by atoms with Gasteiger partial charge in [0.25, 0.3) is 5.69 Å². The average molecular weight is 495 g/mol. The van der Waals surface area contributed by atoms with Crippen molar-refractivity contribution in [1.29, 1.82) is 0 Å². The summed E-state index contributed by atoms with van der Waals surface area (Å²) in [6, 6.07) is 14.7. The topological polar surface area (TPSA) is 115 Å². The van der Waals surface area contributed by atoms with Gasteiger partial charge < -0.3 is 9.47 Å². The zero-order valence-electron chi connectivity index (χ0n) is 20.8. The Morgan fingerprint density at radius 1 is 1.08 bits per heavy atom. The van der Waals surface area contributed by atoms with E-state index in [2.05, 4.69) is 4.99 Å². The number of rotatable bonds is 9. The Morgan fingerprint density at radius 2 is 1.75 bits per heavy atom. The second kappa shape index (κ2) is 12.1. The van der Waals surface area contributed by atoms with E-state index in [4.69, 9.17) is 9.47 Å². The number of hydrogen-bond acceptors (Lipinski definition) is 8. The number of esters is 1. The molecule has 0 spiro atoms. The summed E-state index contributed by atoms with van der Waals surface area (Å²) in [6.45, 7) is 6.17. The Bertz CT molecular complexity index is 1180. The molecule has 0 fully saturated rings. The Balaban J connectivity index is 1.87. The lowest BCUT2D eigenvalue weighted by Crippen LogP contribution is -2.44. The number of nitro benzene ring substituents is 1. The van der Waals surface area contributed by atoms with Crippen molar-refractivity contribution in [3.63, 3.8) is 0 Å². The number of aliphatic imine (C=N–C) groups is 1. The minimum absolute atomic E-state index is 0.0508. The lowest BCUT2D eigenvalue weighted by molar-refractivity contribution is -0.385. The summed E-state index contributed by atoms with van der Waals surface area (Å²) in [6.07, 6.45) is -0.762. The zero-order valence-corrected chi connectivity index (χ0v) is 20.8. The van der Waals surface area contributed by atoms with E-state index in [1.54, 1.807) is 26.8 Å². The van der Waals surface area contributed by atoms with Crippen LogP contribution in [0, 0.1) is 10.1 Å². The van der Waals surface area contributed by atoms with Gasteiger partial charge in [0.2, 0.25) is 0 Å². The van der Waals surface area contributed by atoms with Crippen molar-refractivity contribution in [2.75, 3.05) is 26.8 Å². The molecule has 0 saturated carbocycles. The van der Waals surface area contributed by atoms with Crippen LogP contribution >= 0.6 is 0 Å². The smallest absolute Gasteiger partial charge is 0.416 e. The third kappa shape index (κ3) is 6.14. The molecule has 1 heterocycles. The quantitative estimate of drug-likeness (QED) is 0.287. The molecule has 0 aliphatic carbocycles. The third-order valence-corrected chi connectivity index (χ3v) is 5.71. The first-order chi connectivity index (χ1) is 17.2. The van der Waals surface area contributed by atoms with Crippen molar-refractivity contribution in [3.05, 3.63) is 87.1 Å². The summed E-state index contributed by atoms with van der Waals surface area (Å²) in [4.78, 5) is 45.0. The van der Waals surface area contributed by atoms with Gasteiger partial charge in [-0.2, -0.15) is 0 Å². The van der Waals surface area contributed by atoms with Gasteiger partial charge >= 0.3 is 12.1 Å². The molecule has 1 unspecified atom stereocenters. The summed E-state index contributed by atoms with van der Waals surface area (Å²) in [5.41, 5.74) is 1.43. The molecule has 36 heavy (non-hydrogen) atoms. The molecule has 10 nitrogen and oxygen atoms in total. The van der Waals surface area contributed by atoms with Crippen molar-refractivity contribution in [3.8, 4) is 0 Å². The van der Waals surface area contributed by atoms with E-state index in [9.17, 15) is 19.7 Å². The monoisotopic (exact) mass is 494 g/mol. The van der Waals surface area contributed by atoms with Crippen LogP contribution in [-0.2, 0) is 20.8 Å². The van der Waals surface area contributed by atoms with Gasteiger partial charge in [0.1, 0.15) is 18.5 Å². The molecular formula is C26H30N4O6. The molecular weight excluding hydrogens is 464 g/mol. The SMILES string of the molecule is CCOC(=O)C1=C(C)N=C(C)N(C(=O)OCCN(C)Cc2ccccc2)C1c1ccccc1[N+](=O)[O-]. The molecule has 1 aliphatic heterocycles. The minimum Gasteiger partial charge on any atom is -0.463 e. The van der Waals surface area contributed by atoms with Crippen LogP contribution in [0.3, 0.4) is 0 Å². The highest BCUT2D eigenvalue weighted by molar-refractivity contribution is 6.01. The van der Waals surface area contributed by atoms with E-state index < -0.39 is 23.0 Å². The van der Waals surface area contributed by atoms with Gasteiger partial charge in [-0.1, -0.05) is 42.5 Å². The van der Waals surface area contributed by atoms with E-state index in [1.165, 1.54) is 23.1 Å². The second-order valence-corrected chi connectivity index (χ2v) is 8.30. The molecule has 10 heteroatoms. The zero-order chi connectivity index (χ0) is 26.2. The number of ether oxygens (including phenoxy) is 2. The highest BCUT2D eigenvalue weighted by Gasteiger charge is 2.42. The van der Waals surface area contributed by atoms with Crippen molar-refractivity contribution in [2.24, 2.45) is 4.99 Å². The largest absolute Gasteiger partial charge is 0.463 e. The number of hydrogen-bond donors (Lipinski definition) is 0. The van der Waals surface area contributed by atoms with Gasteiger partial charge in [0, 0.05) is 19.2 Å². The van der Waals surface area contributed by atoms with E-state index in [0.29, 0.717) is 18.8 Å². The number of likely N-dealkylation sites (N-methyl/N-ethyl adjacent to an activating group) is 1. The van der Waals surface area contributed by atoms with E-state index in [-0.39, 0.29) is 35.9 Å². The van der Waals surface area contributed by atoms with Crippen LogP contribution in [0.5, 0.6) is 0 Å². The average Bonchev–Trinajstić information content (AvgIpc) is 2.84.